The minimum absolute atomic E-state index is 0.0872. The molecule has 1 unspecified atom stereocenters. The number of aryl methyl sites for hydroxylation is 1. The number of hydrogen-bond acceptors (Lipinski definition) is 4. The van der Waals surface area contributed by atoms with Crippen molar-refractivity contribution in [1.82, 2.24) is 0 Å². The van der Waals surface area contributed by atoms with E-state index < -0.39 is 5.25 Å². The first-order valence-electron chi connectivity index (χ1n) is 8.04. The number of thioether (sulfide) groups is 1. The zero-order valence-electron chi connectivity index (χ0n) is 14.1. The number of rotatable bonds is 5. The molecule has 3 amide bonds. The summed E-state index contributed by atoms with van der Waals surface area (Å²) in [5.41, 5.74) is 2.31. The van der Waals surface area contributed by atoms with Crippen molar-refractivity contribution < 1.29 is 14.4 Å². The van der Waals surface area contributed by atoms with Gasteiger partial charge in [0.05, 0.1) is 16.7 Å². The normalized spacial score (nSPS) is 16.8. The molecule has 0 aromatic heterocycles. The smallest absolute Gasteiger partial charge is 0.247 e. The molecule has 0 saturated carbocycles. The van der Waals surface area contributed by atoms with Gasteiger partial charge in [-0.15, -0.1) is 11.8 Å². The van der Waals surface area contributed by atoms with Gasteiger partial charge in [-0.1, -0.05) is 29.3 Å². The highest BCUT2D eigenvalue weighted by Crippen LogP contribution is 2.30. The van der Waals surface area contributed by atoms with Crippen molar-refractivity contribution in [2.45, 2.75) is 18.6 Å². The molecule has 26 heavy (non-hydrogen) atoms. The molecule has 0 aliphatic carbocycles. The minimum Gasteiger partial charge on any atom is -0.325 e. The van der Waals surface area contributed by atoms with Crippen LogP contribution in [0.1, 0.15) is 12.0 Å². The molecule has 0 bridgehead atoms. The van der Waals surface area contributed by atoms with Gasteiger partial charge >= 0.3 is 0 Å². The van der Waals surface area contributed by atoms with Crippen LogP contribution in [0, 0.1) is 6.92 Å². The van der Waals surface area contributed by atoms with Gasteiger partial charge in [0.25, 0.3) is 0 Å². The van der Waals surface area contributed by atoms with Crippen LogP contribution in [-0.4, -0.2) is 28.7 Å². The predicted molar refractivity (Wildman–Crippen MR) is 105 cm³/mol. The van der Waals surface area contributed by atoms with E-state index in [1.165, 1.54) is 11.8 Å². The van der Waals surface area contributed by atoms with Gasteiger partial charge in [0.15, 0.2) is 0 Å². The fourth-order valence-electron chi connectivity index (χ4n) is 2.61. The molecule has 1 N–H and O–H groups in total. The van der Waals surface area contributed by atoms with E-state index in [1.54, 1.807) is 24.3 Å². The Labute approximate surface area is 160 Å². The number of imide groups is 1. The first-order chi connectivity index (χ1) is 12.4. The molecule has 1 fully saturated rings. The average Bonchev–Trinajstić information content (AvgIpc) is 2.90. The minimum atomic E-state index is -0.554. The Morgan fingerprint density at radius 1 is 1.15 bits per heavy atom. The highest BCUT2D eigenvalue weighted by molar-refractivity contribution is 8.01. The predicted octanol–water partition coefficient (Wildman–Crippen LogP) is 3.65. The Balaban J connectivity index is 1.57. The number of anilines is 2. The fraction of sp³-hybridized carbons (Fsp3) is 0.211. The van der Waals surface area contributed by atoms with Gasteiger partial charge < -0.3 is 5.32 Å². The molecule has 1 heterocycles. The van der Waals surface area contributed by atoms with Gasteiger partial charge in [0.1, 0.15) is 0 Å². The van der Waals surface area contributed by atoms with Gasteiger partial charge in [-0.2, -0.15) is 0 Å². The second-order valence-electron chi connectivity index (χ2n) is 5.96. The topological polar surface area (TPSA) is 66.5 Å². The summed E-state index contributed by atoms with van der Waals surface area (Å²) in [6.07, 6.45) is 0.0872. The summed E-state index contributed by atoms with van der Waals surface area (Å²) in [6, 6.07) is 14.0. The summed E-state index contributed by atoms with van der Waals surface area (Å²) in [4.78, 5) is 38.0. The lowest BCUT2D eigenvalue weighted by Gasteiger charge is -2.15. The lowest BCUT2D eigenvalue weighted by Crippen LogP contribution is -2.31. The third-order valence-electron chi connectivity index (χ3n) is 3.94. The zero-order valence-corrected chi connectivity index (χ0v) is 15.6. The summed E-state index contributed by atoms with van der Waals surface area (Å²) in [5, 5.41) is 2.76. The largest absolute Gasteiger partial charge is 0.325 e. The molecule has 3 rings (SSSR count). The third kappa shape index (κ3) is 4.26. The number of hydrogen-bond donors (Lipinski definition) is 1. The molecule has 2 aromatic rings. The second-order valence-corrected chi connectivity index (χ2v) is 7.59. The van der Waals surface area contributed by atoms with Crippen molar-refractivity contribution in [2.24, 2.45) is 0 Å². The molecule has 134 valence electrons. The molecule has 0 radical (unpaired) electrons. The van der Waals surface area contributed by atoms with E-state index in [4.69, 9.17) is 11.6 Å². The van der Waals surface area contributed by atoms with E-state index in [-0.39, 0.29) is 29.9 Å². The number of carbonyl (C=O) groups excluding carboxylic acids is 3. The van der Waals surface area contributed by atoms with E-state index in [9.17, 15) is 14.4 Å². The summed E-state index contributed by atoms with van der Waals surface area (Å²) in [5.74, 6) is -0.672. The van der Waals surface area contributed by atoms with Crippen LogP contribution in [0.5, 0.6) is 0 Å². The molecule has 0 spiro atoms. The maximum absolute atomic E-state index is 12.5. The average molecular weight is 389 g/mol. The van der Waals surface area contributed by atoms with Crippen LogP contribution in [0.3, 0.4) is 0 Å². The number of nitrogens with zero attached hydrogens (tertiary/aromatic N) is 1. The molecular weight excluding hydrogens is 372 g/mol. The lowest BCUT2D eigenvalue weighted by atomic mass is 10.2. The monoisotopic (exact) mass is 388 g/mol. The molecule has 1 atom stereocenters. The van der Waals surface area contributed by atoms with Crippen LogP contribution in [0.2, 0.25) is 5.02 Å². The van der Waals surface area contributed by atoms with Crippen molar-refractivity contribution in [3.8, 4) is 0 Å². The van der Waals surface area contributed by atoms with Crippen molar-refractivity contribution in [1.29, 1.82) is 0 Å². The molecule has 1 aliphatic heterocycles. The van der Waals surface area contributed by atoms with Gasteiger partial charge in [-0.05, 0) is 43.3 Å². The van der Waals surface area contributed by atoms with Gasteiger partial charge in [-0.3, -0.25) is 14.4 Å². The number of halogens is 1. The molecular formula is C19H17ClN2O3S. The van der Waals surface area contributed by atoms with E-state index in [1.807, 2.05) is 31.2 Å². The first-order valence-corrected chi connectivity index (χ1v) is 9.47. The SMILES string of the molecule is Cc1ccc(NC(=O)CSC2CC(=O)N(c3ccc(Cl)cc3)C2=O)cc1. The second kappa shape index (κ2) is 7.93. The van der Waals surface area contributed by atoms with E-state index in [0.717, 1.165) is 10.5 Å². The number of carbonyl (C=O) groups is 3. The van der Waals surface area contributed by atoms with Crippen molar-refractivity contribution in [3.05, 3.63) is 59.1 Å². The Morgan fingerprint density at radius 2 is 1.81 bits per heavy atom. The van der Waals surface area contributed by atoms with E-state index >= 15 is 0 Å². The fourth-order valence-corrected chi connectivity index (χ4v) is 3.67. The Bertz CT molecular complexity index is 837. The van der Waals surface area contributed by atoms with Gasteiger partial charge in [0.2, 0.25) is 17.7 Å². The number of benzene rings is 2. The van der Waals surface area contributed by atoms with Crippen LogP contribution >= 0.6 is 23.4 Å². The zero-order chi connectivity index (χ0) is 18.7. The standard InChI is InChI=1S/C19H17ClN2O3S/c1-12-2-6-14(7-3-12)21-17(23)11-26-16-10-18(24)22(19(16)25)15-8-4-13(20)5-9-15/h2-9,16H,10-11H2,1H3,(H,21,23). The highest BCUT2D eigenvalue weighted by Gasteiger charge is 2.40. The van der Waals surface area contributed by atoms with Crippen molar-refractivity contribution in [2.75, 3.05) is 16.0 Å². The van der Waals surface area contributed by atoms with Crippen LogP contribution in [0.25, 0.3) is 0 Å². The summed E-state index contributed by atoms with van der Waals surface area (Å²) in [7, 11) is 0. The van der Waals surface area contributed by atoms with Gasteiger partial charge in [0, 0.05) is 17.1 Å². The van der Waals surface area contributed by atoms with Gasteiger partial charge in [-0.25, -0.2) is 4.90 Å². The molecule has 2 aromatic carbocycles. The molecule has 7 heteroatoms. The Hall–Kier alpha value is -2.31. The summed E-state index contributed by atoms with van der Waals surface area (Å²) in [6.45, 7) is 1.97. The molecule has 5 nitrogen and oxygen atoms in total. The summed E-state index contributed by atoms with van der Waals surface area (Å²) >= 11 is 7.02. The van der Waals surface area contributed by atoms with Crippen LogP contribution < -0.4 is 10.2 Å². The quantitative estimate of drug-likeness (QED) is 0.794. The first kappa shape index (κ1) is 18.5. The lowest BCUT2D eigenvalue weighted by molar-refractivity contribution is -0.121. The van der Waals surface area contributed by atoms with Crippen molar-refractivity contribution >= 4 is 52.5 Å². The van der Waals surface area contributed by atoms with Crippen LogP contribution in [0.4, 0.5) is 11.4 Å². The maximum atomic E-state index is 12.5. The Morgan fingerprint density at radius 3 is 2.46 bits per heavy atom. The molecule has 1 aliphatic rings. The Kier molecular flexibility index (Phi) is 5.64. The van der Waals surface area contributed by atoms with Crippen LogP contribution in [-0.2, 0) is 14.4 Å². The number of amides is 3. The molecule has 1 saturated heterocycles. The maximum Gasteiger partial charge on any atom is 0.247 e. The highest BCUT2D eigenvalue weighted by atomic mass is 35.5. The number of nitrogens with one attached hydrogen (secondary N) is 1. The van der Waals surface area contributed by atoms with E-state index in [2.05, 4.69) is 5.32 Å². The third-order valence-corrected chi connectivity index (χ3v) is 5.39. The van der Waals surface area contributed by atoms with Crippen molar-refractivity contribution in [3.63, 3.8) is 0 Å². The summed E-state index contributed by atoms with van der Waals surface area (Å²) < 4.78 is 0. The van der Waals surface area contributed by atoms with Crippen LogP contribution in [0.15, 0.2) is 48.5 Å². The van der Waals surface area contributed by atoms with E-state index in [0.29, 0.717) is 16.4 Å².